The maximum atomic E-state index is 13.3. The molecule has 3 nitrogen and oxygen atoms in total. The molecule has 25 heavy (non-hydrogen) atoms. The standard InChI is InChI=1S/C21H24N2O.ClH/c1-14-4-7-16(8-5-14)21(24)23-19-9-6-15(2)12-17(19)18-13-22(3)11-10-20(18)23;/h4-9,12,18,20H,10-11,13H2,1-3H3;1H. The van der Waals surface area contributed by atoms with Crippen molar-refractivity contribution in [2.24, 2.45) is 0 Å². The highest BCUT2D eigenvalue weighted by Gasteiger charge is 2.43. The predicted octanol–water partition coefficient (Wildman–Crippen LogP) is 4.17. The lowest BCUT2D eigenvalue weighted by Crippen LogP contribution is -2.47. The van der Waals surface area contributed by atoms with Gasteiger partial charge in [0, 0.05) is 29.8 Å². The van der Waals surface area contributed by atoms with Crippen LogP contribution in [0.2, 0.25) is 0 Å². The summed E-state index contributed by atoms with van der Waals surface area (Å²) in [4.78, 5) is 17.7. The molecular weight excluding hydrogens is 332 g/mol. The molecule has 0 saturated carbocycles. The first kappa shape index (κ1) is 18.0. The summed E-state index contributed by atoms with van der Waals surface area (Å²) in [6, 6.07) is 14.8. The van der Waals surface area contributed by atoms with Crippen LogP contribution in [0.5, 0.6) is 0 Å². The Balaban J connectivity index is 0.00000182. The van der Waals surface area contributed by atoms with Gasteiger partial charge >= 0.3 is 0 Å². The zero-order valence-corrected chi connectivity index (χ0v) is 15.8. The quantitative estimate of drug-likeness (QED) is 0.765. The monoisotopic (exact) mass is 356 g/mol. The van der Waals surface area contributed by atoms with Gasteiger partial charge in [0.1, 0.15) is 0 Å². The van der Waals surface area contributed by atoms with Crippen LogP contribution in [-0.4, -0.2) is 37.0 Å². The van der Waals surface area contributed by atoms with Crippen LogP contribution in [0.3, 0.4) is 0 Å². The summed E-state index contributed by atoms with van der Waals surface area (Å²) in [5, 5.41) is 0. The minimum absolute atomic E-state index is 0. The number of carbonyl (C=O) groups is 1. The molecule has 2 aliphatic heterocycles. The molecule has 2 heterocycles. The maximum Gasteiger partial charge on any atom is 0.258 e. The molecule has 1 saturated heterocycles. The Morgan fingerprint density at radius 1 is 1.04 bits per heavy atom. The van der Waals surface area contributed by atoms with Crippen molar-refractivity contribution in [1.82, 2.24) is 4.90 Å². The van der Waals surface area contributed by atoms with Gasteiger partial charge in [-0.3, -0.25) is 4.79 Å². The normalized spacial score (nSPS) is 22.1. The zero-order valence-electron chi connectivity index (χ0n) is 15.0. The largest absolute Gasteiger partial charge is 0.306 e. The fraction of sp³-hybridized carbons (Fsp3) is 0.381. The molecule has 2 aliphatic rings. The first-order valence-corrected chi connectivity index (χ1v) is 8.74. The molecule has 132 valence electrons. The fourth-order valence-electron chi connectivity index (χ4n) is 4.18. The maximum absolute atomic E-state index is 13.3. The van der Waals surface area contributed by atoms with E-state index in [1.54, 1.807) is 0 Å². The Morgan fingerprint density at radius 2 is 1.72 bits per heavy atom. The number of hydrogen-bond acceptors (Lipinski definition) is 2. The van der Waals surface area contributed by atoms with Crippen LogP contribution in [-0.2, 0) is 0 Å². The smallest absolute Gasteiger partial charge is 0.258 e. The second-order valence-electron chi connectivity index (χ2n) is 7.33. The SMILES string of the molecule is Cc1ccc(C(=O)N2c3ccc(C)cc3C3CN(C)CCC32)cc1.Cl. The summed E-state index contributed by atoms with van der Waals surface area (Å²) in [7, 11) is 2.18. The Labute approximate surface area is 156 Å². The molecule has 2 unspecified atom stereocenters. The molecule has 0 spiro atoms. The summed E-state index contributed by atoms with van der Waals surface area (Å²) in [5.74, 6) is 0.560. The fourth-order valence-corrected chi connectivity index (χ4v) is 4.18. The van der Waals surface area contributed by atoms with Crippen molar-refractivity contribution in [3.63, 3.8) is 0 Å². The number of halogens is 1. The van der Waals surface area contributed by atoms with Gasteiger partial charge in [-0.25, -0.2) is 0 Å². The van der Waals surface area contributed by atoms with Crippen molar-refractivity contribution in [3.05, 3.63) is 64.7 Å². The number of benzene rings is 2. The number of piperidine rings is 1. The second-order valence-corrected chi connectivity index (χ2v) is 7.33. The van der Waals surface area contributed by atoms with Gasteiger partial charge in [-0.1, -0.05) is 35.4 Å². The van der Waals surface area contributed by atoms with E-state index in [1.165, 1.54) is 16.7 Å². The van der Waals surface area contributed by atoms with Gasteiger partial charge in [-0.05, 0) is 57.6 Å². The summed E-state index contributed by atoms with van der Waals surface area (Å²) < 4.78 is 0. The number of nitrogens with zero attached hydrogens (tertiary/aromatic N) is 2. The Morgan fingerprint density at radius 3 is 2.44 bits per heavy atom. The number of hydrogen-bond donors (Lipinski definition) is 0. The Kier molecular flexibility index (Phi) is 4.90. The van der Waals surface area contributed by atoms with Crippen LogP contribution in [0.4, 0.5) is 5.69 Å². The van der Waals surface area contributed by atoms with E-state index in [1.807, 2.05) is 24.3 Å². The van der Waals surface area contributed by atoms with Crippen LogP contribution < -0.4 is 4.90 Å². The van der Waals surface area contributed by atoms with Gasteiger partial charge in [-0.15, -0.1) is 12.4 Å². The van der Waals surface area contributed by atoms with Crippen molar-refractivity contribution in [3.8, 4) is 0 Å². The van der Waals surface area contributed by atoms with Gasteiger partial charge in [0.05, 0.1) is 0 Å². The van der Waals surface area contributed by atoms with E-state index in [0.717, 1.165) is 30.8 Å². The van der Waals surface area contributed by atoms with E-state index >= 15 is 0 Å². The van der Waals surface area contributed by atoms with E-state index in [2.05, 4.69) is 48.9 Å². The van der Waals surface area contributed by atoms with Gasteiger partial charge in [0.15, 0.2) is 0 Å². The van der Waals surface area contributed by atoms with E-state index in [4.69, 9.17) is 0 Å². The molecule has 1 amide bonds. The molecule has 0 aliphatic carbocycles. The number of rotatable bonds is 1. The minimum Gasteiger partial charge on any atom is -0.306 e. The van der Waals surface area contributed by atoms with Gasteiger partial charge in [-0.2, -0.15) is 0 Å². The highest BCUT2D eigenvalue weighted by atomic mass is 35.5. The molecule has 4 heteroatoms. The minimum atomic E-state index is 0. The molecule has 4 rings (SSSR count). The van der Waals surface area contributed by atoms with E-state index in [-0.39, 0.29) is 24.4 Å². The summed E-state index contributed by atoms with van der Waals surface area (Å²) >= 11 is 0. The average Bonchev–Trinajstić information content (AvgIpc) is 2.88. The van der Waals surface area contributed by atoms with Crippen molar-refractivity contribution < 1.29 is 4.79 Å². The van der Waals surface area contributed by atoms with Gasteiger partial charge in [0.25, 0.3) is 5.91 Å². The lowest BCUT2D eigenvalue weighted by Gasteiger charge is -2.36. The van der Waals surface area contributed by atoms with Crippen LogP contribution in [0.1, 0.15) is 39.4 Å². The lowest BCUT2D eigenvalue weighted by molar-refractivity contribution is 0.0964. The first-order valence-electron chi connectivity index (χ1n) is 8.74. The van der Waals surface area contributed by atoms with E-state index < -0.39 is 0 Å². The Hall–Kier alpha value is -1.84. The number of carbonyl (C=O) groups excluding carboxylic acids is 1. The summed E-state index contributed by atoms with van der Waals surface area (Å²) in [6.45, 7) is 6.26. The number of likely N-dealkylation sites (tertiary alicyclic amines) is 1. The van der Waals surface area contributed by atoms with Crippen LogP contribution in [0.25, 0.3) is 0 Å². The molecule has 1 fully saturated rings. The van der Waals surface area contributed by atoms with Crippen LogP contribution >= 0.6 is 12.4 Å². The molecule has 0 bridgehead atoms. The average molecular weight is 357 g/mol. The lowest BCUT2D eigenvalue weighted by atomic mass is 9.88. The van der Waals surface area contributed by atoms with Crippen molar-refractivity contribution in [2.45, 2.75) is 32.2 Å². The second kappa shape index (κ2) is 6.81. The van der Waals surface area contributed by atoms with E-state index in [9.17, 15) is 4.79 Å². The number of fused-ring (bicyclic) bond motifs is 3. The molecule has 2 aromatic carbocycles. The third kappa shape index (κ3) is 3.07. The molecule has 0 radical (unpaired) electrons. The summed E-state index contributed by atoms with van der Waals surface area (Å²) in [6.07, 6.45) is 1.03. The molecule has 2 aromatic rings. The number of amides is 1. The van der Waals surface area contributed by atoms with E-state index in [0.29, 0.717) is 5.92 Å². The number of likely N-dealkylation sites (N-methyl/N-ethyl adjacent to an activating group) is 1. The third-order valence-corrected chi connectivity index (χ3v) is 5.47. The zero-order chi connectivity index (χ0) is 16.8. The van der Waals surface area contributed by atoms with Crippen molar-refractivity contribution >= 4 is 24.0 Å². The molecule has 0 N–H and O–H groups in total. The van der Waals surface area contributed by atoms with Crippen LogP contribution in [0.15, 0.2) is 42.5 Å². The first-order chi connectivity index (χ1) is 11.5. The molecule has 2 atom stereocenters. The molecular formula is C21H25ClN2O. The third-order valence-electron chi connectivity index (χ3n) is 5.47. The van der Waals surface area contributed by atoms with Crippen molar-refractivity contribution in [1.29, 1.82) is 0 Å². The number of aryl methyl sites for hydroxylation is 2. The topological polar surface area (TPSA) is 23.6 Å². The Bertz CT molecular complexity index is 787. The summed E-state index contributed by atoms with van der Waals surface area (Å²) in [5.41, 5.74) is 5.68. The predicted molar refractivity (Wildman–Crippen MR) is 105 cm³/mol. The highest BCUT2D eigenvalue weighted by Crippen LogP contribution is 2.45. The van der Waals surface area contributed by atoms with Gasteiger partial charge < -0.3 is 9.80 Å². The van der Waals surface area contributed by atoms with Crippen molar-refractivity contribution in [2.75, 3.05) is 25.0 Å². The number of anilines is 1. The van der Waals surface area contributed by atoms with Gasteiger partial charge in [0.2, 0.25) is 0 Å². The molecule has 0 aromatic heterocycles. The highest BCUT2D eigenvalue weighted by molar-refractivity contribution is 6.08. The van der Waals surface area contributed by atoms with Crippen LogP contribution in [0, 0.1) is 13.8 Å².